The first-order valence-electron chi connectivity index (χ1n) is 7.76. The summed E-state index contributed by atoms with van der Waals surface area (Å²) in [6.07, 6.45) is 4.29. The van der Waals surface area contributed by atoms with Gasteiger partial charge in [0, 0.05) is 42.2 Å². The van der Waals surface area contributed by atoms with E-state index >= 15 is 0 Å². The van der Waals surface area contributed by atoms with E-state index < -0.39 is 0 Å². The molecule has 0 amide bonds. The molecule has 1 heterocycles. The standard InChI is InChI=1S/C18H21ClN2OS/c1-23-16-5-3-14(4-6-16)21-10-8-15(9-11-21)22-18-7-2-13(20)12-17(18)19/h2-7,12,15H,8-11,20H2,1H3. The van der Waals surface area contributed by atoms with Gasteiger partial charge in [-0.1, -0.05) is 11.6 Å². The number of hydrogen-bond acceptors (Lipinski definition) is 4. The molecule has 2 N–H and O–H groups in total. The van der Waals surface area contributed by atoms with Crippen LogP contribution in [0.1, 0.15) is 12.8 Å². The summed E-state index contributed by atoms with van der Waals surface area (Å²) in [6.45, 7) is 1.99. The molecule has 0 saturated carbocycles. The fourth-order valence-corrected chi connectivity index (χ4v) is 3.46. The molecule has 0 bridgehead atoms. The molecule has 0 unspecified atom stereocenters. The summed E-state index contributed by atoms with van der Waals surface area (Å²) >= 11 is 7.95. The first-order valence-corrected chi connectivity index (χ1v) is 9.36. The van der Waals surface area contributed by atoms with Crippen molar-refractivity contribution in [2.75, 3.05) is 30.0 Å². The minimum atomic E-state index is 0.206. The summed E-state index contributed by atoms with van der Waals surface area (Å²) in [4.78, 5) is 3.71. The summed E-state index contributed by atoms with van der Waals surface area (Å²) in [5, 5.41) is 0.583. The van der Waals surface area contributed by atoms with Crippen molar-refractivity contribution in [2.24, 2.45) is 0 Å². The molecule has 0 aromatic heterocycles. The summed E-state index contributed by atoms with van der Waals surface area (Å²) in [5.74, 6) is 0.726. The lowest BCUT2D eigenvalue weighted by Gasteiger charge is -2.34. The highest BCUT2D eigenvalue weighted by atomic mass is 35.5. The number of nitrogen functional groups attached to an aromatic ring is 1. The van der Waals surface area contributed by atoms with Gasteiger partial charge < -0.3 is 15.4 Å². The quantitative estimate of drug-likeness (QED) is 0.642. The minimum absolute atomic E-state index is 0.206. The van der Waals surface area contributed by atoms with Gasteiger partial charge in [-0.3, -0.25) is 0 Å². The predicted molar refractivity (Wildman–Crippen MR) is 100.0 cm³/mol. The van der Waals surface area contributed by atoms with Crippen LogP contribution in [0.4, 0.5) is 11.4 Å². The van der Waals surface area contributed by atoms with Crippen LogP contribution in [0.3, 0.4) is 0 Å². The Labute approximate surface area is 146 Å². The molecule has 0 radical (unpaired) electrons. The van der Waals surface area contributed by atoms with E-state index in [1.165, 1.54) is 10.6 Å². The number of thioether (sulfide) groups is 1. The number of rotatable bonds is 4. The van der Waals surface area contributed by atoms with Crippen LogP contribution in [0.2, 0.25) is 5.02 Å². The predicted octanol–water partition coefficient (Wildman–Crippen LogP) is 4.69. The number of piperidine rings is 1. The second-order valence-electron chi connectivity index (χ2n) is 5.69. The van der Waals surface area contributed by atoms with E-state index in [9.17, 15) is 0 Å². The van der Waals surface area contributed by atoms with Gasteiger partial charge in [-0.05, 0) is 48.7 Å². The molecule has 3 nitrogen and oxygen atoms in total. The van der Waals surface area contributed by atoms with E-state index in [2.05, 4.69) is 35.4 Å². The highest BCUT2D eigenvalue weighted by molar-refractivity contribution is 7.98. The van der Waals surface area contributed by atoms with Crippen molar-refractivity contribution < 1.29 is 4.74 Å². The van der Waals surface area contributed by atoms with Crippen LogP contribution in [0, 0.1) is 0 Å². The van der Waals surface area contributed by atoms with Crippen LogP contribution in [-0.4, -0.2) is 25.4 Å². The van der Waals surface area contributed by atoms with E-state index in [1.54, 1.807) is 17.8 Å². The third-order valence-corrected chi connectivity index (χ3v) is 5.17. The molecule has 3 rings (SSSR count). The SMILES string of the molecule is CSc1ccc(N2CCC(Oc3ccc(N)cc3Cl)CC2)cc1. The minimum Gasteiger partial charge on any atom is -0.489 e. The lowest BCUT2D eigenvalue weighted by atomic mass is 10.1. The van der Waals surface area contributed by atoms with Gasteiger partial charge in [0.1, 0.15) is 11.9 Å². The van der Waals surface area contributed by atoms with Crippen LogP contribution in [0.5, 0.6) is 5.75 Å². The van der Waals surface area contributed by atoms with Gasteiger partial charge in [0.05, 0.1) is 5.02 Å². The highest BCUT2D eigenvalue weighted by Crippen LogP contribution is 2.30. The number of ether oxygens (including phenoxy) is 1. The molecule has 122 valence electrons. The second kappa shape index (κ2) is 7.37. The van der Waals surface area contributed by atoms with Crippen LogP contribution >= 0.6 is 23.4 Å². The number of benzene rings is 2. The van der Waals surface area contributed by atoms with E-state index in [1.807, 2.05) is 12.1 Å². The topological polar surface area (TPSA) is 38.5 Å². The molecule has 2 aromatic rings. The lowest BCUT2D eigenvalue weighted by molar-refractivity contribution is 0.171. The zero-order valence-electron chi connectivity index (χ0n) is 13.2. The zero-order chi connectivity index (χ0) is 16.2. The molecule has 0 spiro atoms. The van der Waals surface area contributed by atoms with Crippen molar-refractivity contribution in [3.8, 4) is 5.75 Å². The Balaban J connectivity index is 1.57. The molecule has 1 fully saturated rings. The Bertz CT molecular complexity index is 655. The van der Waals surface area contributed by atoms with Gasteiger partial charge in [0.15, 0.2) is 0 Å². The number of hydrogen-bond donors (Lipinski definition) is 1. The summed E-state index contributed by atoms with van der Waals surface area (Å²) in [5.41, 5.74) is 7.66. The smallest absolute Gasteiger partial charge is 0.138 e. The maximum absolute atomic E-state index is 6.18. The lowest BCUT2D eigenvalue weighted by Crippen LogP contribution is -2.38. The summed E-state index contributed by atoms with van der Waals surface area (Å²) in [7, 11) is 0. The van der Waals surface area contributed by atoms with E-state index in [0.717, 1.165) is 31.7 Å². The van der Waals surface area contributed by atoms with Crippen LogP contribution in [-0.2, 0) is 0 Å². The Kier molecular flexibility index (Phi) is 5.23. The Morgan fingerprint density at radius 1 is 1.13 bits per heavy atom. The molecule has 1 aliphatic rings. The number of halogens is 1. The van der Waals surface area contributed by atoms with Crippen LogP contribution < -0.4 is 15.4 Å². The Morgan fingerprint density at radius 2 is 1.83 bits per heavy atom. The van der Waals surface area contributed by atoms with Gasteiger partial charge in [0.25, 0.3) is 0 Å². The first kappa shape index (κ1) is 16.3. The van der Waals surface area contributed by atoms with Gasteiger partial charge in [-0.15, -0.1) is 11.8 Å². The molecule has 5 heteroatoms. The zero-order valence-corrected chi connectivity index (χ0v) is 14.7. The van der Waals surface area contributed by atoms with Gasteiger partial charge in [0.2, 0.25) is 0 Å². The molecule has 0 aliphatic carbocycles. The van der Waals surface area contributed by atoms with Gasteiger partial charge >= 0.3 is 0 Å². The largest absolute Gasteiger partial charge is 0.489 e. The highest BCUT2D eigenvalue weighted by Gasteiger charge is 2.21. The molecular formula is C18H21ClN2OS. The fraction of sp³-hybridized carbons (Fsp3) is 0.333. The number of nitrogens with two attached hydrogens (primary N) is 1. The summed E-state index contributed by atoms with van der Waals surface area (Å²) < 4.78 is 6.04. The molecule has 1 saturated heterocycles. The Hall–Kier alpha value is -1.52. The van der Waals surface area contributed by atoms with Crippen molar-refractivity contribution in [2.45, 2.75) is 23.8 Å². The number of nitrogens with zero attached hydrogens (tertiary/aromatic N) is 1. The fourth-order valence-electron chi connectivity index (χ4n) is 2.82. The maximum Gasteiger partial charge on any atom is 0.138 e. The van der Waals surface area contributed by atoms with Gasteiger partial charge in [-0.25, -0.2) is 0 Å². The molecular weight excluding hydrogens is 328 g/mol. The van der Waals surface area contributed by atoms with Crippen molar-refractivity contribution in [1.82, 2.24) is 0 Å². The van der Waals surface area contributed by atoms with Crippen molar-refractivity contribution in [1.29, 1.82) is 0 Å². The van der Waals surface area contributed by atoms with Crippen LogP contribution in [0.15, 0.2) is 47.4 Å². The van der Waals surface area contributed by atoms with Gasteiger partial charge in [-0.2, -0.15) is 0 Å². The van der Waals surface area contributed by atoms with Crippen molar-refractivity contribution in [3.05, 3.63) is 47.5 Å². The van der Waals surface area contributed by atoms with Crippen molar-refractivity contribution >= 4 is 34.7 Å². The monoisotopic (exact) mass is 348 g/mol. The van der Waals surface area contributed by atoms with E-state index in [0.29, 0.717) is 10.7 Å². The average molecular weight is 349 g/mol. The Morgan fingerprint density at radius 3 is 2.43 bits per heavy atom. The molecule has 23 heavy (non-hydrogen) atoms. The average Bonchev–Trinajstić information content (AvgIpc) is 2.58. The summed E-state index contributed by atoms with van der Waals surface area (Å²) in [6, 6.07) is 14.2. The third-order valence-electron chi connectivity index (χ3n) is 4.13. The molecule has 1 aliphatic heterocycles. The first-order chi connectivity index (χ1) is 11.2. The normalized spacial score (nSPS) is 15.7. The molecule has 0 atom stereocenters. The number of anilines is 2. The van der Waals surface area contributed by atoms with Crippen molar-refractivity contribution in [3.63, 3.8) is 0 Å². The van der Waals surface area contributed by atoms with Crippen LogP contribution in [0.25, 0.3) is 0 Å². The second-order valence-corrected chi connectivity index (χ2v) is 6.98. The maximum atomic E-state index is 6.18. The molecule has 2 aromatic carbocycles. The van der Waals surface area contributed by atoms with E-state index in [-0.39, 0.29) is 6.10 Å². The third kappa shape index (κ3) is 4.06. The van der Waals surface area contributed by atoms with E-state index in [4.69, 9.17) is 22.1 Å².